The Morgan fingerprint density at radius 3 is 3.11 bits per heavy atom. The van der Waals surface area contributed by atoms with E-state index in [2.05, 4.69) is 30.2 Å². The number of allylic oxidation sites excluding steroid dienone is 1. The first-order chi connectivity index (χ1) is 8.66. The fourth-order valence-corrected chi connectivity index (χ4v) is 2.05. The van der Waals surface area contributed by atoms with Gasteiger partial charge in [-0.15, -0.1) is 0 Å². The third-order valence-corrected chi connectivity index (χ3v) is 3.02. The first kappa shape index (κ1) is 13.2. The molecule has 100 valence electrons. The van der Waals surface area contributed by atoms with Gasteiger partial charge < -0.3 is 20.1 Å². The molecule has 4 nitrogen and oxygen atoms in total. The fourth-order valence-electron chi connectivity index (χ4n) is 2.05. The standard InChI is InChI=1S/C14H22N2O2/c1-10(2)16-8-11(17)9-18-14-5-3-4-13-12(14)6-7-15-13/h5-7,10-11,15-17H,3-4,8-9H2,1-2H3. The SMILES string of the molecule is CC(C)NCC(O)COC1=CCCc2[nH]ccc21. The number of aryl methyl sites for hydroxylation is 1. The molecule has 1 unspecified atom stereocenters. The molecule has 0 aliphatic heterocycles. The molecule has 4 heteroatoms. The van der Waals surface area contributed by atoms with E-state index in [0.29, 0.717) is 19.2 Å². The molecule has 0 amide bonds. The van der Waals surface area contributed by atoms with Gasteiger partial charge in [0.05, 0.1) is 0 Å². The van der Waals surface area contributed by atoms with E-state index in [1.54, 1.807) is 0 Å². The highest BCUT2D eigenvalue weighted by Crippen LogP contribution is 2.26. The second-order valence-corrected chi connectivity index (χ2v) is 5.00. The molecule has 3 N–H and O–H groups in total. The molecule has 0 saturated carbocycles. The quantitative estimate of drug-likeness (QED) is 0.720. The van der Waals surface area contributed by atoms with Gasteiger partial charge in [0.15, 0.2) is 0 Å². The molecular formula is C14H22N2O2. The summed E-state index contributed by atoms with van der Waals surface area (Å²) in [7, 11) is 0. The second-order valence-electron chi connectivity index (χ2n) is 5.00. The molecule has 0 radical (unpaired) electrons. The zero-order chi connectivity index (χ0) is 13.0. The van der Waals surface area contributed by atoms with Crippen molar-refractivity contribution in [1.29, 1.82) is 0 Å². The van der Waals surface area contributed by atoms with Crippen LogP contribution in [0.3, 0.4) is 0 Å². The summed E-state index contributed by atoms with van der Waals surface area (Å²) in [4.78, 5) is 3.22. The molecule has 1 heterocycles. The van der Waals surface area contributed by atoms with E-state index < -0.39 is 6.10 Å². The first-order valence-corrected chi connectivity index (χ1v) is 6.58. The van der Waals surface area contributed by atoms with Gasteiger partial charge in [-0.05, 0) is 25.0 Å². The highest BCUT2D eigenvalue weighted by atomic mass is 16.5. The molecule has 1 aliphatic carbocycles. The first-order valence-electron chi connectivity index (χ1n) is 6.58. The summed E-state index contributed by atoms with van der Waals surface area (Å²) in [6, 6.07) is 2.41. The van der Waals surface area contributed by atoms with Crippen molar-refractivity contribution in [3.05, 3.63) is 29.6 Å². The van der Waals surface area contributed by atoms with Gasteiger partial charge in [0, 0.05) is 30.0 Å². The van der Waals surface area contributed by atoms with Crippen LogP contribution in [0.25, 0.3) is 5.76 Å². The number of aliphatic hydroxyl groups is 1. The Morgan fingerprint density at radius 1 is 1.50 bits per heavy atom. The summed E-state index contributed by atoms with van der Waals surface area (Å²) >= 11 is 0. The zero-order valence-electron chi connectivity index (χ0n) is 11.1. The highest BCUT2D eigenvalue weighted by Gasteiger charge is 2.15. The molecule has 1 aromatic rings. The number of fused-ring (bicyclic) bond motifs is 1. The van der Waals surface area contributed by atoms with Gasteiger partial charge >= 0.3 is 0 Å². The monoisotopic (exact) mass is 250 g/mol. The number of ether oxygens (including phenoxy) is 1. The van der Waals surface area contributed by atoms with Crippen LogP contribution in [0.4, 0.5) is 0 Å². The van der Waals surface area contributed by atoms with Crippen LogP contribution in [0.15, 0.2) is 18.3 Å². The molecule has 1 aliphatic rings. The number of H-pyrrole nitrogens is 1. The smallest absolute Gasteiger partial charge is 0.124 e. The number of aromatic amines is 1. The number of nitrogens with one attached hydrogen (secondary N) is 2. The summed E-state index contributed by atoms with van der Waals surface area (Å²) < 4.78 is 5.71. The van der Waals surface area contributed by atoms with Crippen molar-refractivity contribution in [1.82, 2.24) is 10.3 Å². The Bertz CT molecular complexity index is 410. The van der Waals surface area contributed by atoms with Gasteiger partial charge in [-0.1, -0.05) is 13.8 Å². The maximum atomic E-state index is 9.80. The molecule has 0 saturated heterocycles. The molecule has 0 bridgehead atoms. The number of hydrogen-bond donors (Lipinski definition) is 3. The van der Waals surface area contributed by atoms with Crippen LogP contribution in [0.1, 0.15) is 31.5 Å². The lowest BCUT2D eigenvalue weighted by Gasteiger charge is -2.18. The van der Waals surface area contributed by atoms with Crippen LogP contribution >= 0.6 is 0 Å². The summed E-state index contributed by atoms with van der Waals surface area (Å²) in [5.41, 5.74) is 2.35. The topological polar surface area (TPSA) is 57.3 Å². The van der Waals surface area contributed by atoms with Crippen LogP contribution in [0.5, 0.6) is 0 Å². The Hall–Kier alpha value is -1.26. The van der Waals surface area contributed by atoms with Crippen LogP contribution in [-0.2, 0) is 11.2 Å². The Kier molecular flexibility index (Phi) is 4.44. The summed E-state index contributed by atoms with van der Waals surface area (Å²) in [6.07, 6.45) is 5.58. The minimum Gasteiger partial charge on any atom is -0.490 e. The highest BCUT2D eigenvalue weighted by molar-refractivity contribution is 5.63. The van der Waals surface area contributed by atoms with Crippen molar-refractivity contribution in [3.8, 4) is 0 Å². The van der Waals surface area contributed by atoms with Crippen LogP contribution < -0.4 is 5.32 Å². The van der Waals surface area contributed by atoms with Gasteiger partial charge in [-0.2, -0.15) is 0 Å². The third kappa shape index (κ3) is 3.37. The lowest BCUT2D eigenvalue weighted by Crippen LogP contribution is -2.34. The number of aromatic nitrogens is 1. The van der Waals surface area contributed by atoms with Crippen molar-refractivity contribution >= 4 is 5.76 Å². The predicted molar refractivity (Wildman–Crippen MR) is 72.2 cm³/mol. The molecule has 0 spiro atoms. The minimum atomic E-state index is -0.474. The van der Waals surface area contributed by atoms with E-state index in [9.17, 15) is 5.11 Å². The molecule has 0 fully saturated rings. The van der Waals surface area contributed by atoms with Crippen molar-refractivity contribution in [3.63, 3.8) is 0 Å². The van der Waals surface area contributed by atoms with Gasteiger partial charge in [-0.3, -0.25) is 0 Å². The van der Waals surface area contributed by atoms with Crippen molar-refractivity contribution in [2.75, 3.05) is 13.2 Å². The zero-order valence-corrected chi connectivity index (χ0v) is 11.1. The van der Waals surface area contributed by atoms with E-state index in [1.165, 1.54) is 5.69 Å². The summed E-state index contributed by atoms with van der Waals surface area (Å²) in [6.45, 7) is 5.01. The molecule has 18 heavy (non-hydrogen) atoms. The Balaban J connectivity index is 1.82. The molecule has 1 atom stereocenters. The maximum absolute atomic E-state index is 9.80. The Morgan fingerprint density at radius 2 is 2.33 bits per heavy atom. The predicted octanol–water partition coefficient (Wildman–Crippen LogP) is 1.68. The lowest BCUT2D eigenvalue weighted by molar-refractivity contribution is 0.0908. The average molecular weight is 250 g/mol. The van der Waals surface area contributed by atoms with Crippen LogP contribution in [0, 0.1) is 0 Å². The van der Waals surface area contributed by atoms with Crippen molar-refractivity contribution < 1.29 is 9.84 Å². The van der Waals surface area contributed by atoms with E-state index >= 15 is 0 Å². The van der Waals surface area contributed by atoms with Gasteiger partial charge in [0.2, 0.25) is 0 Å². The summed E-state index contributed by atoms with van der Waals surface area (Å²) in [5, 5.41) is 13.0. The third-order valence-electron chi connectivity index (χ3n) is 3.02. The van der Waals surface area contributed by atoms with E-state index in [4.69, 9.17) is 4.74 Å². The fraction of sp³-hybridized carbons (Fsp3) is 0.571. The largest absolute Gasteiger partial charge is 0.490 e. The van der Waals surface area contributed by atoms with E-state index in [-0.39, 0.29) is 0 Å². The molecule has 2 rings (SSSR count). The molecule has 0 aromatic carbocycles. The molecular weight excluding hydrogens is 228 g/mol. The summed E-state index contributed by atoms with van der Waals surface area (Å²) in [5.74, 6) is 0.890. The lowest BCUT2D eigenvalue weighted by atomic mass is 10.0. The van der Waals surface area contributed by atoms with Crippen LogP contribution in [-0.4, -0.2) is 35.4 Å². The molecule has 1 aromatic heterocycles. The average Bonchev–Trinajstić information content (AvgIpc) is 2.82. The maximum Gasteiger partial charge on any atom is 0.124 e. The minimum absolute atomic E-state index is 0.330. The number of aliphatic hydroxyl groups excluding tert-OH is 1. The second kappa shape index (κ2) is 6.07. The van der Waals surface area contributed by atoms with E-state index in [0.717, 1.165) is 24.2 Å². The van der Waals surface area contributed by atoms with Crippen LogP contribution in [0.2, 0.25) is 0 Å². The van der Waals surface area contributed by atoms with Gasteiger partial charge in [0.25, 0.3) is 0 Å². The number of hydrogen-bond acceptors (Lipinski definition) is 3. The normalized spacial score (nSPS) is 16.3. The Labute approximate surface area is 108 Å². The van der Waals surface area contributed by atoms with Gasteiger partial charge in [-0.25, -0.2) is 0 Å². The van der Waals surface area contributed by atoms with E-state index in [1.807, 2.05) is 12.3 Å². The van der Waals surface area contributed by atoms with Crippen molar-refractivity contribution in [2.45, 2.75) is 38.8 Å². The van der Waals surface area contributed by atoms with Crippen molar-refractivity contribution in [2.24, 2.45) is 0 Å². The van der Waals surface area contributed by atoms with Gasteiger partial charge in [0.1, 0.15) is 18.5 Å². The number of rotatable bonds is 6.